The first-order valence-corrected chi connectivity index (χ1v) is 35.8. The van der Waals surface area contributed by atoms with Gasteiger partial charge in [-0.1, -0.05) is 292 Å². The predicted molar refractivity (Wildman–Crippen MR) is 403 cm³/mol. The van der Waals surface area contributed by atoms with Crippen LogP contribution in [0.2, 0.25) is 20.1 Å². The lowest BCUT2D eigenvalue weighted by atomic mass is 9.77. The molecule has 0 radical (unpaired) electrons. The van der Waals surface area contributed by atoms with Gasteiger partial charge in [0.25, 0.3) is 0 Å². The third kappa shape index (κ3) is 28.0. The lowest BCUT2D eigenvalue weighted by Crippen LogP contribution is -2.32. The monoisotopic (exact) mass is 1330 g/mol. The van der Waals surface area contributed by atoms with E-state index in [9.17, 15) is 9.50 Å². The molecule has 2 N–H and O–H groups in total. The molecule has 0 amide bonds. The van der Waals surface area contributed by atoms with Crippen molar-refractivity contribution >= 4 is 46.4 Å². The number of rotatable bonds is 15. The largest absolute Gasteiger partial charge is 0.493 e. The Hall–Kier alpha value is -4.65. The quantitative estimate of drug-likeness (QED) is 0.107. The zero-order valence-corrected chi connectivity index (χ0v) is 63.1. The van der Waals surface area contributed by atoms with E-state index in [1.165, 1.54) is 58.0 Å². The molecule has 1 saturated heterocycles. The van der Waals surface area contributed by atoms with Crippen molar-refractivity contribution in [2.24, 2.45) is 47.3 Å². The van der Waals surface area contributed by atoms with E-state index in [4.69, 9.17) is 51.1 Å². The Morgan fingerprint density at radius 2 is 1.01 bits per heavy atom. The topological polar surface area (TPSA) is 41.5 Å². The highest BCUT2D eigenvalue weighted by Gasteiger charge is 2.32. The van der Waals surface area contributed by atoms with Gasteiger partial charge in [-0.2, -0.15) is 0 Å². The van der Waals surface area contributed by atoms with Gasteiger partial charge in [0, 0.05) is 28.4 Å². The van der Waals surface area contributed by atoms with Gasteiger partial charge in [-0.05, 0) is 211 Å². The molecule has 7 aromatic carbocycles. The van der Waals surface area contributed by atoms with Gasteiger partial charge >= 0.3 is 0 Å². The Labute approximate surface area is 580 Å². The number of fused-ring (bicyclic) bond motifs is 1. The Morgan fingerprint density at radius 1 is 0.500 bits per heavy atom. The zero-order chi connectivity index (χ0) is 69.0. The first-order chi connectivity index (χ1) is 43.3. The van der Waals surface area contributed by atoms with E-state index in [1.54, 1.807) is 12.1 Å². The van der Waals surface area contributed by atoms with Gasteiger partial charge in [0.2, 0.25) is 0 Å². The van der Waals surface area contributed by atoms with Crippen LogP contribution in [0, 0.1) is 60.1 Å². The maximum atomic E-state index is 12.8. The van der Waals surface area contributed by atoms with Crippen molar-refractivity contribution in [3.63, 3.8) is 0 Å². The SMILES string of the molecule is CC(C)C(C)c1ccc(Cl)c(Cl)c1.CC(C)C(C)c1cccc(Cl)c1.CC(C)C(C)c1cccc(F)c1.CC(C)C1CCOc2ccccc21.CC(C)C1CNCC1c1ccccc1.CCC(c1ccc(Cl)cc1)C(C)C.Cc1ccc(C(C(C)C)C(C)(C)O)cc1. The minimum Gasteiger partial charge on any atom is -0.493 e. The number of halogens is 5. The highest BCUT2D eigenvalue weighted by atomic mass is 35.5. The van der Waals surface area contributed by atoms with Gasteiger partial charge in [0.15, 0.2) is 0 Å². The number of hydrogen-bond acceptors (Lipinski definition) is 3. The summed E-state index contributed by atoms with van der Waals surface area (Å²) in [5, 5.41) is 16.6. The van der Waals surface area contributed by atoms with Crippen molar-refractivity contribution in [3.8, 4) is 5.75 Å². The van der Waals surface area contributed by atoms with E-state index in [0.717, 1.165) is 58.7 Å². The summed E-state index contributed by atoms with van der Waals surface area (Å²) in [6.45, 7) is 49.1. The van der Waals surface area contributed by atoms with Crippen LogP contribution in [-0.2, 0) is 0 Å². The molecule has 506 valence electrons. The van der Waals surface area contributed by atoms with Crippen LogP contribution in [0.25, 0.3) is 0 Å². The van der Waals surface area contributed by atoms with E-state index in [1.807, 2.05) is 74.5 Å². The van der Waals surface area contributed by atoms with Crippen LogP contribution in [0.4, 0.5) is 4.39 Å². The highest BCUT2D eigenvalue weighted by molar-refractivity contribution is 6.42. The summed E-state index contributed by atoms with van der Waals surface area (Å²) < 4.78 is 18.4. The second-order valence-electron chi connectivity index (χ2n) is 28.6. The number of nitrogens with one attached hydrogen (secondary N) is 1. The number of para-hydroxylation sites is 1. The Morgan fingerprint density at radius 3 is 1.49 bits per heavy atom. The average Bonchev–Trinajstić information content (AvgIpc) is 0.996. The van der Waals surface area contributed by atoms with Crippen LogP contribution < -0.4 is 10.1 Å². The lowest BCUT2D eigenvalue weighted by Gasteiger charge is -2.33. The molecule has 0 aliphatic carbocycles. The van der Waals surface area contributed by atoms with Gasteiger partial charge in [0.1, 0.15) is 11.6 Å². The third-order valence-electron chi connectivity index (χ3n) is 18.8. The first kappa shape index (κ1) is 81.6. The molecule has 2 aliphatic heterocycles. The van der Waals surface area contributed by atoms with Crippen molar-refractivity contribution in [1.82, 2.24) is 5.32 Å². The van der Waals surface area contributed by atoms with E-state index in [0.29, 0.717) is 75.1 Å². The molecule has 8 atom stereocenters. The summed E-state index contributed by atoms with van der Waals surface area (Å²) in [4.78, 5) is 0. The zero-order valence-electron chi connectivity index (χ0n) is 60.1. The van der Waals surface area contributed by atoms with Gasteiger partial charge in [-0.3, -0.25) is 0 Å². The van der Waals surface area contributed by atoms with E-state index < -0.39 is 5.60 Å². The van der Waals surface area contributed by atoms with Crippen LogP contribution in [-0.4, -0.2) is 30.4 Å². The normalized spacial score (nSPS) is 16.7. The fourth-order valence-electron chi connectivity index (χ4n) is 12.2. The van der Waals surface area contributed by atoms with Gasteiger partial charge in [-0.15, -0.1) is 0 Å². The fraction of sp³-hybridized carbons (Fsp3) is 0.500. The summed E-state index contributed by atoms with van der Waals surface area (Å²) in [5.41, 5.74) is 9.79. The number of hydrogen-bond donors (Lipinski definition) is 2. The van der Waals surface area contributed by atoms with Crippen LogP contribution in [0.3, 0.4) is 0 Å². The van der Waals surface area contributed by atoms with E-state index in [-0.39, 0.29) is 11.7 Å². The number of ether oxygens (including phenoxy) is 1. The summed E-state index contributed by atoms with van der Waals surface area (Å²) in [5.74, 6) is 10.0. The molecular formula is C84H118Cl4FNO2. The van der Waals surface area contributed by atoms with Crippen molar-refractivity contribution in [2.45, 2.75) is 205 Å². The van der Waals surface area contributed by atoms with Crippen molar-refractivity contribution < 1.29 is 14.2 Å². The van der Waals surface area contributed by atoms with Crippen molar-refractivity contribution in [1.29, 1.82) is 0 Å². The molecule has 0 spiro atoms. The second-order valence-corrected chi connectivity index (χ2v) is 30.3. The summed E-state index contributed by atoms with van der Waals surface area (Å²) >= 11 is 23.5. The Balaban J connectivity index is 0.000000280. The van der Waals surface area contributed by atoms with Crippen molar-refractivity contribution in [2.75, 3.05) is 19.7 Å². The summed E-state index contributed by atoms with van der Waals surface area (Å²) in [6, 6.07) is 56.8. The molecule has 8 heteroatoms. The smallest absolute Gasteiger partial charge is 0.123 e. The molecule has 0 saturated carbocycles. The van der Waals surface area contributed by atoms with Gasteiger partial charge in [0.05, 0.1) is 22.3 Å². The maximum Gasteiger partial charge on any atom is 0.123 e. The summed E-state index contributed by atoms with van der Waals surface area (Å²) in [7, 11) is 0. The number of aliphatic hydroxyl groups is 1. The molecule has 7 aromatic rings. The number of aryl methyl sites for hydroxylation is 1. The molecule has 0 aromatic heterocycles. The third-order valence-corrected chi connectivity index (χ3v) is 20.0. The molecular weight excluding hydrogens is 1220 g/mol. The molecule has 0 bridgehead atoms. The van der Waals surface area contributed by atoms with Crippen LogP contribution in [0.1, 0.15) is 237 Å². The predicted octanol–water partition coefficient (Wildman–Crippen LogP) is 26.3. The molecule has 8 unspecified atom stereocenters. The highest BCUT2D eigenvalue weighted by Crippen LogP contribution is 2.39. The first-order valence-electron chi connectivity index (χ1n) is 34.3. The summed E-state index contributed by atoms with van der Waals surface area (Å²) in [6.07, 6.45) is 2.36. The van der Waals surface area contributed by atoms with Crippen LogP contribution in [0.15, 0.2) is 170 Å². The Bertz CT molecular complexity index is 3060. The molecule has 2 heterocycles. The second kappa shape index (κ2) is 41.3. The minimum atomic E-state index is -0.663. The molecule has 9 rings (SSSR count). The van der Waals surface area contributed by atoms with Crippen LogP contribution >= 0.6 is 46.4 Å². The molecule has 2 aliphatic rings. The van der Waals surface area contributed by atoms with Crippen molar-refractivity contribution in [3.05, 3.63) is 240 Å². The fourth-order valence-corrected chi connectivity index (χ4v) is 12.9. The number of benzene rings is 7. The molecule has 1 fully saturated rings. The molecule has 92 heavy (non-hydrogen) atoms. The molecule has 3 nitrogen and oxygen atoms in total. The lowest BCUT2D eigenvalue weighted by molar-refractivity contribution is 0.0332. The van der Waals surface area contributed by atoms with Gasteiger partial charge in [-0.25, -0.2) is 4.39 Å². The van der Waals surface area contributed by atoms with E-state index in [2.05, 4.69) is 228 Å². The van der Waals surface area contributed by atoms with Crippen LogP contribution in [0.5, 0.6) is 5.75 Å². The Kier molecular flexibility index (Phi) is 36.7. The minimum absolute atomic E-state index is 0.139. The van der Waals surface area contributed by atoms with Gasteiger partial charge < -0.3 is 15.2 Å². The maximum absolute atomic E-state index is 12.8. The standard InChI is InChI=1S/C14H22O.C13H19N.C12H17Cl.C12H16O.C11H14Cl2.C11H15Cl.C11H15F/c1-10(2)13(14(4,5)15)12-8-6-11(3)7-9-12;1-10(2)12-8-14-9-13(12)11-6-4-3-5-7-11;1-4-12(9(2)3)10-5-7-11(13)8-6-10;1-9(2)10-7-8-13-12-6-4-3-5-11(10)12;1-7(2)8(3)9-4-5-10(12)11(13)6-9;2*1-8(2)9(3)10-5-4-6-11(12)7-10/h6-10,13,15H,1-5H3;3-7,10,12-14H,8-9H2,1-2H3;5-9,12H,4H2,1-3H3;3-6,9-10H,7-8H2,1-2H3;4-8H,1-3H3;2*4-9H,1-3H3. The van der Waals surface area contributed by atoms with E-state index >= 15 is 0 Å². The average molecular weight is 1330 g/mol.